The Kier molecular flexibility index (Phi) is 3.72. The van der Waals surface area contributed by atoms with Gasteiger partial charge in [-0.2, -0.15) is 0 Å². The zero-order valence-electron chi connectivity index (χ0n) is 11.7. The highest BCUT2D eigenvalue weighted by molar-refractivity contribution is 6.30. The van der Waals surface area contributed by atoms with E-state index in [1.54, 1.807) is 7.11 Å². The topological polar surface area (TPSA) is 21.3 Å². The first-order valence-electron chi connectivity index (χ1n) is 7.21. The van der Waals surface area contributed by atoms with Gasteiger partial charge in [-0.3, -0.25) is 0 Å². The van der Waals surface area contributed by atoms with E-state index in [4.69, 9.17) is 16.3 Å². The molecule has 0 radical (unpaired) electrons. The second-order valence-corrected chi connectivity index (χ2v) is 6.48. The Morgan fingerprint density at radius 2 is 2.05 bits per heavy atom. The molecule has 0 aromatic heterocycles. The van der Waals surface area contributed by atoms with Gasteiger partial charge in [-0.15, -0.1) is 0 Å². The van der Waals surface area contributed by atoms with E-state index >= 15 is 0 Å². The number of nitrogens with one attached hydrogen (secondary N) is 1. The van der Waals surface area contributed by atoms with Crippen LogP contribution in [0.3, 0.4) is 0 Å². The van der Waals surface area contributed by atoms with Crippen molar-refractivity contribution in [1.82, 2.24) is 5.32 Å². The SMILES string of the molecule is CNC(Cc1cc(Cl)ccc1OC)C1CC2CC2C1. The summed E-state index contributed by atoms with van der Waals surface area (Å²) in [6.07, 6.45) is 5.29. The molecule has 2 saturated carbocycles. The molecule has 0 aliphatic heterocycles. The second kappa shape index (κ2) is 5.34. The lowest BCUT2D eigenvalue weighted by Crippen LogP contribution is -2.35. The standard InChI is InChI=1S/C16H22ClNO/c1-18-15(12-6-10-5-11(10)7-12)9-13-8-14(17)3-4-16(13)19-2/h3-4,8,10-12,15,18H,5-7,9H2,1-2H3. The van der Waals surface area contributed by atoms with Gasteiger partial charge in [-0.05, 0) is 74.2 Å². The van der Waals surface area contributed by atoms with Crippen molar-refractivity contribution >= 4 is 11.6 Å². The number of halogens is 1. The molecule has 2 fully saturated rings. The Balaban J connectivity index is 1.73. The number of fused-ring (bicyclic) bond motifs is 1. The van der Waals surface area contributed by atoms with Gasteiger partial charge in [0, 0.05) is 11.1 Å². The summed E-state index contributed by atoms with van der Waals surface area (Å²) in [5, 5.41) is 4.30. The average molecular weight is 280 g/mol. The number of ether oxygens (including phenoxy) is 1. The van der Waals surface area contributed by atoms with Crippen LogP contribution in [0.4, 0.5) is 0 Å². The molecule has 0 saturated heterocycles. The molecule has 3 rings (SSSR count). The van der Waals surface area contributed by atoms with Gasteiger partial charge < -0.3 is 10.1 Å². The lowest BCUT2D eigenvalue weighted by molar-refractivity contribution is 0.342. The van der Waals surface area contributed by atoms with Crippen molar-refractivity contribution in [3.63, 3.8) is 0 Å². The van der Waals surface area contributed by atoms with Gasteiger partial charge in [-0.1, -0.05) is 11.6 Å². The van der Waals surface area contributed by atoms with Crippen molar-refractivity contribution in [2.24, 2.45) is 17.8 Å². The van der Waals surface area contributed by atoms with Crippen LogP contribution in [0.15, 0.2) is 18.2 Å². The molecule has 19 heavy (non-hydrogen) atoms. The van der Waals surface area contributed by atoms with Gasteiger partial charge in [0.25, 0.3) is 0 Å². The Bertz CT molecular complexity index is 452. The molecule has 1 N–H and O–H groups in total. The summed E-state index contributed by atoms with van der Waals surface area (Å²) in [7, 11) is 3.80. The summed E-state index contributed by atoms with van der Waals surface area (Å²) in [4.78, 5) is 0. The molecule has 2 aliphatic carbocycles. The fourth-order valence-electron chi connectivity index (χ4n) is 3.74. The van der Waals surface area contributed by atoms with Crippen molar-refractivity contribution in [2.75, 3.05) is 14.2 Å². The van der Waals surface area contributed by atoms with E-state index in [9.17, 15) is 0 Å². The number of methoxy groups -OCH3 is 1. The van der Waals surface area contributed by atoms with Gasteiger partial charge in [0.2, 0.25) is 0 Å². The van der Waals surface area contributed by atoms with Crippen molar-refractivity contribution < 1.29 is 4.74 Å². The largest absolute Gasteiger partial charge is 0.496 e. The van der Waals surface area contributed by atoms with E-state index in [-0.39, 0.29) is 0 Å². The summed E-state index contributed by atoms with van der Waals surface area (Å²) >= 11 is 6.11. The monoisotopic (exact) mass is 279 g/mol. The van der Waals surface area contributed by atoms with Crippen LogP contribution in [-0.4, -0.2) is 20.2 Å². The molecule has 3 atom stereocenters. The van der Waals surface area contributed by atoms with Crippen LogP contribution in [0.2, 0.25) is 5.02 Å². The van der Waals surface area contributed by atoms with Crippen LogP contribution in [0.25, 0.3) is 0 Å². The Labute approximate surface area is 120 Å². The second-order valence-electron chi connectivity index (χ2n) is 6.04. The minimum Gasteiger partial charge on any atom is -0.496 e. The van der Waals surface area contributed by atoms with E-state index in [1.807, 2.05) is 18.2 Å². The van der Waals surface area contributed by atoms with E-state index in [0.29, 0.717) is 6.04 Å². The molecule has 2 nitrogen and oxygen atoms in total. The summed E-state index contributed by atoms with van der Waals surface area (Å²) < 4.78 is 5.45. The maximum absolute atomic E-state index is 6.11. The summed E-state index contributed by atoms with van der Waals surface area (Å²) in [6, 6.07) is 6.44. The minimum atomic E-state index is 0.542. The summed E-state index contributed by atoms with van der Waals surface area (Å²) in [6.45, 7) is 0. The maximum atomic E-state index is 6.11. The highest BCUT2D eigenvalue weighted by Crippen LogP contribution is 2.55. The predicted molar refractivity (Wildman–Crippen MR) is 78.9 cm³/mol. The van der Waals surface area contributed by atoms with Crippen LogP contribution in [0.1, 0.15) is 24.8 Å². The molecular formula is C16H22ClNO. The van der Waals surface area contributed by atoms with Gasteiger partial charge in [0.05, 0.1) is 7.11 Å². The number of likely N-dealkylation sites (N-methyl/N-ethyl adjacent to an activating group) is 1. The molecule has 2 aliphatic rings. The fraction of sp³-hybridized carbons (Fsp3) is 0.625. The van der Waals surface area contributed by atoms with Gasteiger partial charge in [0.15, 0.2) is 0 Å². The molecule has 104 valence electrons. The van der Waals surface area contributed by atoms with Crippen LogP contribution in [0.5, 0.6) is 5.75 Å². The first-order chi connectivity index (χ1) is 9.21. The van der Waals surface area contributed by atoms with Gasteiger partial charge >= 0.3 is 0 Å². The maximum Gasteiger partial charge on any atom is 0.122 e. The number of rotatable bonds is 5. The first kappa shape index (κ1) is 13.3. The molecule has 1 aromatic carbocycles. The Hall–Kier alpha value is -0.730. The molecule has 0 bridgehead atoms. The average Bonchev–Trinajstić information content (AvgIpc) is 3.03. The third-order valence-corrected chi connectivity index (χ3v) is 5.14. The van der Waals surface area contributed by atoms with Crippen LogP contribution >= 0.6 is 11.6 Å². The third kappa shape index (κ3) is 2.75. The van der Waals surface area contributed by atoms with Crippen LogP contribution < -0.4 is 10.1 Å². The number of hydrogen-bond donors (Lipinski definition) is 1. The van der Waals surface area contributed by atoms with E-state index in [2.05, 4.69) is 12.4 Å². The Morgan fingerprint density at radius 1 is 1.32 bits per heavy atom. The van der Waals surface area contributed by atoms with Crippen molar-refractivity contribution in [1.29, 1.82) is 0 Å². The number of hydrogen-bond acceptors (Lipinski definition) is 2. The van der Waals surface area contributed by atoms with Crippen LogP contribution in [-0.2, 0) is 6.42 Å². The zero-order chi connectivity index (χ0) is 13.4. The Morgan fingerprint density at radius 3 is 2.68 bits per heavy atom. The predicted octanol–water partition coefficient (Wildman–Crippen LogP) is 3.53. The molecule has 3 unspecified atom stereocenters. The molecular weight excluding hydrogens is 258 g/mol. The third-order valence-electron chi connectivity index (χ3n) is 4.90. The van der Waals surface area contributed by atoms with Crippen molar-refractivity contribution in [3.05, 3.63) is 28.8 Å². The van der Waals surface area contributed by atoms with E-state index < -0.39 is 0 Å². The molecule has 0 amide bonds. The van der Waals surface area contributed by atoms with Crippen LogP contribution in [0, 0.1) is 17.8 Å². The lowest BCUT2D eigenvalue weighted by atomic mass is 9.89. The summed E-state index contributed by atoms with van der Waals surface area (Å²) in [5.74, 6) is 3.83. The highest BCUT2D eigenvalue weighted by atomic mass is 35.5. The van der Waals surface area contributed by atoms with Crippen molar-refractivity contribution in [3.8, 4) is 5.75 Å². The zero-order valence-corrected chi connectivity index (χ0v) is 12.4. The molecule has 1 aromatic rings. The normalized spacial score (nSPS) is 29.9. The smallest absolute Gasteiger partial charge is 0.122 e. The number of benzene rings is 1. The fourth-order valence-corrected chi connectivity index (χ4v) is 3.93. The van der Waals surface area contributed by atoms with E-state index in [1.165, 1.54) is 24.8 Å². The summed E-state index contributed by atoms with van der Waals surface area (Å²) in [5.41, 5.74) is 1.22. The molecule has 3 heteroatoms. The highest BCUT2D eigenvalue weighted by Gasteiger charge is 2.47. The van der Waals surface area contributed by atoms with Crippen molar-refractivity contribution in [2.45, 2.75) is 31.7 Å². The molecule has 0 heterocycles. The van der Waals surface area contributed by atoms with E-state index in [0.717, 1.165) is 34.9 Å². The quantitative estimate of drug-likeness (QED) is 0.890. The van der Waals surface area contributed by atoms with Gasteiger partial charge in [0.1, 0.15) is 5.75 Å². The minimum absolute atomic E-state index is 0.542. The first-order valence-corrected chi connectivity index (χ1v) is 7.58. The van der Waals surface area contributed by atoms with Gasteiger partial charge in [-0.25, -0.2) is 0 Å². The lowest BCUT2D eigenvalue weighted by Gasteiger charge is -2.25. The molecule has 0 spiro atoms.